The van der Waals surface area contributed by atoms with Crippen LogP contribution in [0.3, 0.4) is 0 Å². The number of hydrogen-bond acceptors (Lipinski definition) is 4. The number of hydrogen-bond donors (Lipinski definition) is 1. The SMILES string of the molecule is COc1ccc(OC[C@H](C)NC(=O)COc2ccc3c(c2)CCCC3)cc1. The predicted octanol–water partition coefficient (Wildman–Crippen LogP) is 3.54. The van der Waals surface area contributed by atoms with E-state index in [0.717, 1.165) is 30.1 Å². The lowest BCUT2D eigenvalue weighted by Gasteiger charge is -2.18. The molecule has 1 aliphatic carbocycles. The van der Waals surface area contributed by atoms with Crippen molar-refractivity contribution in [2.24, 2.45) is 0 Å². The lowest BCUT2D eigenvalue weighted by atomic mass is 9.92. The summed E-state index contributed by atoms with van der Waals surface area (Å²) >= 11 is 0. The number of fused-ring (bicyclic) bond motifs is 1. The molecule has 0 saturated heterocycles. The van der Waals surface area contributed by atoms with Gasteiger partial charge in [-0.15, -0.1) is 0 Å². The van der Waals surface area contributed by atoms with Gasteiger partial charge in [-0.05, 0) is 80.1 Å². The molecular weight excluding hydrogens is 342 g/mol. The van der Waals surface area contributed by atoms with Gasteiger partial charge in [-0.3, -0.25) is 4.79 Å². The van der Waals surface area contributed by atoms with E-state index in [-0.39, 0.29) is 18.6 Å². The molecule has 5 heteroatoms. The van der Waals surface area contributed by atoms with E-state index in [1.807, 2.05) is 37.3 Å². The molecule has 144 valence electrons. The minimum atomic E-state index is -0.154. The molecule has 0 fully saturated rings. The molecule has 0 bridgehead atoms. The van der Waals surface area contributed by atoms with Crippen molar-refractivity contribution in [2.75, 3.05) is 20.3 Å². The Morgan fingerprint density at radius 1 is 0.963 bits per heavy atom. The lowest BCUT2D eigenvalue weighted by molar-refractivity contribution is -0.123. The van der Waals surface area contributed by atoms with Crippen LogP contribution in [-0.2, 0) is 17.6 Å². The molecule has 2 aromatic carbocycles. The van der Waals surface area contributed by atoms with Gasteiger partial charge in [0.25, 0.3) is 5.91 Å². The van der Waals surface area contributed by atoms with Gasteiger partial charge in [0.1, 0.15) is 23.9 Å². The van der Waals surface area contributed by atoms with Crippen LogP contribution in [0.2, 0.25) is 0 Å². The first kappa shape index (κ1) is 19.1. The summed E-state index contributed by atoms with van der Waals surface area (Å²) in [5, 5.41) is 2.89. The summed E-state index contributed by atoms with van der Waals surface area (Å²) in [4.78, 5) is 12.1. The fraction of sp³-hybridized carbons (Fsp3) is 0.409. The Kier molecular flexibility index (Phi) is 6.58. The van der Waals surface area contributed by atoms with E-state index >= 15 is 0 Å². The zero-order valence-corrected chi connectivity index (χ0v) is 16.0. The average molecular weight is 369 g/mol. The Labute approximate surface area is 160 Å². The zero-order valence-electron chi connectivity index (χ0n) is 16.0. The molecule has 1 N–H and O–H groups in total. The highest BCUT2D eigenvalue weighted by Gasteiger charge is 2.12. The number of amides is 1. The zero-order chi connectivity index (χ0) is 19.1. The summed E-state index contributed by atoms with van der Waals surface area (Å²) in [6, 6.07) is 13.4. The van der Waals surface area contributed by atoms with E-state index < -0.39 is 0 Å². The first-order chi connectivity index (χ1) is 13.1. The number of ether oxygens (including phenoxy) is 3. The van der Waals surface area contributed by atoms with Crippen LogP contribution in [0.15, 0.2) is 42.5 Å². The number of rotatable bonds is 8. The van der Waals surface area contributed by atoms with E-state index in [1.165, 1.54) is 24.0 Å². The first-order valence-corrected chi connectivity index (χ1v) is 9.45. The van der Waals surface area contributed by atoms with Gasteiger partial charge in [0.2, 0.25) is 0 Å². The van der Waals surface area contributed by atoms with Gasteiger partial charge in [0.15, 0.2) is 6.61 Å². The molecule has 27 heavy (non-hydrogen) atoms. The quantitative estimate of drug-likeness (QED) is 0.773. The summed E-state index contributed by atoms with van der Waals surface area (Å²) < 4.78 is 16.5. The van der Waals surface area contributed by atoms with E-state index in [0.29, 0.717) is 6.61 Å². The van der Waals surface area contributed by atoms with Crippen LogP contribution in [0.1, 0.15) is 30.9 Å². The van der Waals surface area contributed by atoms with Crippen molar-refractivity contribution in [2.45, 2.75) is 38.6 Å². The van der Waals surface area contributed by atoms with E-state index in [9.17, 15) is 4.79 Å². The molecule has 0 spiro atoms. The average Bonchev–Trinajstić information content (AvgIpc) is 2.71. The van der Waals surface area contributed by atoms with Crippen molar-refractivity contribution in [3.05, 3.63) is 53.6 Å². The highest BCUT2D eigenvalue weighted by molar-refractivity contribution is 5.77. The smallest absolute Gasteiger partial charge is 0.258 e. The van der Waals surface area contributed by atoms with Crippen molar-refractivity contribution >= 4 is 5.91 Å². The molecule has 0 heterocycles. The fourth-order valence-corrected chi connectivity index (χ4v) is 3.20. The Morgan fingerprint density at radius 3 is 2.37 bits per heavy atom. The molecule has 2 aromatic rings. The van der Waals surface area contributed by atoms with E-state index in [1.54, 1.807) is 7.11 Å². The monoisotopic (exact) mass is 369 g/mol. The van der Waals surface area contributed by atoms with Crippen LogP contribution in [0, 0.1) is 0 Å². The molecule has 1 aliphatic rings. The second kappa shape index (κ2) is 9.31. The number of carbonyl (C=O) groups is 1. The Bertz CT molecular complexity index is 757. The second-order valence-corrected chi connectivity index (χ2v) is 6.88. The molecule has 5 nitrogen and oxygen atoms in total. The molecule has 0 radical (unpaired) electrons. The van der Waals surface area contributed by atoms with Crippen LogP contribution in [0.25, 0.3) is 0 Å². The maximum absolute atomic E-state index is 12.1. The van der Waals surface area contributed by atoms with Crippen molar-refractivity contribution in [1.29, 1.82) is 0 Å². The normalized spacial score (nSPS) is 14.0. The Morgan fingerprint density at radius 2 is 1.63 bits per heavy atom. The molecule has 1 atom stereocenters. The molecule has 0 aliphatic heterocycles. The largest absolute Gasteiger partial charge is 0.497 e. The third-order valence-electron chi connectivity index (χ3n) is 4.66. The van der Waals surface area contributed by atoms with Crippen LogP contribution < -0.4 is 19.5 Å². The van der Waals surface area contributed by atoms with Crippen LogP contribution in [-0.4, -0.2) is 32.3 Å². The number of aryl methyl sites for hydroxylation is 2. The number of nitrogens with one attached hydrogen (secondary N) is 1. The van der Waals surface area contributed by atoms with Gasteiger partial charge in [0, 0.05) is 0 Å². The predicted molar refractivity (Wildman–Crippen MR) is 105 cm³/mol. The van der Waals surface area contributed by atoms with Crippen LogP contribution in [0.4, 0.5) is 0 Å². The van der Waals surface area contributed by atoms with Gasteiger partial charge < -0.3 is 19.5 Å². The Balaban J connectivity index is 1.40. The maximum atomic E-state index is 12.1. The van der Waals surface area contributed by atoms with Gasteiger partial charge in [-0.25, -0.2) is 0 Å². The summed E-state index contributed by atoms with van der Waals surface area (Å²) in [5.41, 5.74) is 2.75. The Hall–Kier alpha value is -2.69. The molecule has 0 unspecified atom stereocenters. The molecule has 0 saturated carbocycles. The lowest BCUT2D eigenvalue weighted by Crippen LogP contribution is -2.39. The standard InChI is InChI=1S/C22H27NO4/c1-16(14-26-20-11-9-19(25-2)10-12-20)23-22(24)15-27-21-8-7-17-5-3-4-6-18(17)13-21/h7-13,16H,3-6,14-15H2,1-2H3,(H,23,24)/t16-/m0/s1. The number of carbonyl (C=O) groups excluding carboxylic acids is 1. The minimum Gasteiger partial charge on any atom is -0.497 e. The maximum Gasteiger partial charge on any atom is 0.258 e. The minimum absolute atomic E-state index is 0.00562. The summed E-state index contributed by atoms with van der Waals surface area (Å²) in [6.07, 6.45) is 4.72. The van der Waals surface area contributed by atoms with Crippen LogP contribution >= 0.6 is 0 Å². The van der Waals surface area contributed by atoms with Crippen molar-refractivity contribution in [1.82, 2.24) is 5.32 Å². The highest BCUT2D eigenvalue weighted by Crippen LogP contribution is 2.25. The molecule has 0 aromatic heterocycles. The number of benzene rings is 2. The van der Waals surface area contributed by atoms with E-state index in [4.69, 9.17) is 14.2 Å². The van der Waals surface area contributed by atoms with Gasteiger partial charge in [-0.1, -0.05) is 6.07 Å². The van der Waals surface area contributed by atoms with Gasteiger partial charge in [-0.2, -0.15) is 0 Å². The summed E-state index contributed by atoms with van der Waals surface area (Å²) in [7, 11) is 1.62. The third-order valence-corrected chi connectivity index (χ3v) is 4.66. The van der Waals surface area contributed by atoms with Gasteiger partial charge >= 0.3 is 0 Å². The summed E-state index contributed by atoms with van der Waals surface area (Å²) in [6.45, 7) is 2.29. The van der Waals surface area contributed by atoms with Crippen molar-refractivity contribution in [3.8, 4) is 17.2 Å². The van der Waals surface area contributed by atoms with Gasteiger partial charge in [0.05, 0.1) is 13.2 Å². The van der Waals surface area contributed by atoms with Crippen molar-refractivity contribution in [3.63, 3.8) is 0 Å². The van der Waals surface area contributed by atoms with Crippen LogP contribution in [0.5, 0.6) is 17.2 Å². The molecule has 1 amide bonds. The third kappa shape index (κ3) is 5.64. The fourth-order valence-electron chi connectivity index (χ4n) is 3.20. The van der Waals surface area contributed by atoms with Crippen molar-refractivity contribution < 1.29 is 19.0 Å². The second-order valence-electron chi connectivity index (χ2n) is 6.88. The number of methoxy groups -OCH3 is 1. The summed E-state index contributed by atoms with van der Waals surface area (Å²) in [5.74, 6) is 2.12. The molecule has 3 rings (SSSR count). The topological polar surface area (TPSA) is 56.8 Å². The first-order valence-electron chi connectivity index (χ1n) is 9.45. The molecular formula is C22H27NO4. The van der Waals surface area contributed by atoms with E-state index in [2.05, 4.69) is 17.4 Å². The highest BCUT2D eigenvalue weighted by atomic mass is 16.5.